The Morgan fingerprint density at radius 3 is 2.90 bits per heavy atom. The summed E-state index contributed by atoms with van der Waals surface area (Å²) in [7, 11) is 0. The maximum Gasteiger partial charge on any atom is 0.239 e. The van der Waals surface area contributed by atoms with Gasteiger partial charge in [0, 0.05) is 19.3 Å². The number of anilines is 1. The summed E-state index contributed by atoms with van der Waals surface area (Å²) in [6.07, 6.45) is 1.72. The van der Waals surface area contributed by atoms with E-state index in [0.29, 0.717) is 24.5 Å². The van der Waals surface area contributed by atoms with Crippen molar-refractivity contribution in [2.75, 3.05) is 25.1 Å². The standard InChI is InChI=1S/C15H19N3O2/c1-11-3-2-4-14(13(11)9-16)17-10-15(19)18-12-5-7-20-8-6-12/h2-4,12,17H,5-8,10H2,1H3,(H,18,19). The van der Waals surface area contributed by atoms with Gasteiger partial charge in [-0.3, -0.25) is 4.79 Å². The number of carbonyl (C=O) groups excluding carboxylic acids is 1. The fourth-order valence-electron chi connectivity index (χ4n) is 2.26. The van der Waals surface area contributed by atoms with Crippen molar-refractivity contribution >= 4 is 11.6 Å². The normalized spacial score (nSPS) is 15.4. The van der Waals surface area contributed by atoms with Gasteiger partial charge in [-0.15, -0.1) is 0 Å². The zero-order valence-corrected chi connectivity index (χ0v) is 11.6. The highest BCUT2D eigenvalue weighted by molar-refractivity contribution is 5.81. The third-order valence-corrected chi connectivity index (χ3v) is 3.41. The summed E-state index contributed by atoms with van der Waals surface area (Å²) in [5.74, 6) is -0.0534. The third-order valence-electron chi connectivity index (χ3n) is 3.41. The van der Waals surface area contributed by atoms with E-state index < -0.39 is 0 Å². The van der Waals surface area contributed by atoms with Gasteiger partial charge in [0.25, 0.3) is 0 Å². The minimum Gasteiger partial charge on any atom is -0.381 e. The lowest BCUT2D eigenvalue weighted by molar-refractivity contribution is -0.120. The second-order valence-corrected chi connectivity index (χ2v) is 4.92. The Bertz CT molecular complexity index is 516. The van der Waals surface area contributed by atoms with Gasteiger partial charge in [0.15, 0.2) is 0 Å². The molecule has 1 amide bonds. The lowest BCUT2D eigenvalue weighted by atomic mass is 10.1. The summed E-state index contributed by atoms with van der Waals surface area (Å²) in [5.41, 5.74) is 2.20. The van der Waals surface area contributed by atoms with E-state index >= 15 is 0 Å². The van der Waals surface area contributed by atoms with E-state index in [-0.39, 0.29) is 18.5 Å². The van der Waals surface area contributed by atoms with Crippen LogP contribution in [0.3, 0.4) is 0 Å². The third kappa shape index (κ3) is 3.72. The number of nitrogens with one attached hydrogen (secondary N) is 2. The molecule has 2 N–H and O–H groups in total. The van der Waals surface area contributed by atoms with Crippen molar-refractivity contribution in [3.8, 4) is 6.07 Å². The van der Waals surface area contributed by atoms with Gasteiger partial charge in [0.2, 0.25) is 5.91 Å². The van der Waals surface area contributed by atoms with Crippen LogP contribution in [0.1, 0.15) is 24.0 Å². The Labute approximate surface area is 118 Å². The van der Waals surface area contributed by atoms with Crippen LogP contribution in [-0.2, 0) is 9.53 Å². The van der Waals surface area contributed by atoms with Gasteiger partial charge in [0.05, 0.1) is 17.8 Å². The molecule has 5 heteroatoms. The van der Waals surface area contributed by atoms with Gasteiger partial charge >= 0.3 is 0 Å². The Morgan fingerprint density at radius 2 is 2.20 bits per heavy atom. The van der Waals surface area contributed by atoms with E-state index in [2.05, 4.69) is 16.7 Å². The number of amides is 1. The van der Waals surface area contributed by atoms with Crippen LogP contribution in [-0.4, -0.2) is 31.7 Å². The molecule has 1 heterocycles. The minimum absolute atomic E-state index is 0.0534. The molecule has 1 aliphatic heterocycles. The topological polar surface area (TPSA) is 74.2 Å². The molecule has 1 aromatic rings. The van der Waals surface area contributed by atoms with Crippen molar-refractivity contribution < 1.29 is 9.53 Å². The molecule has 1 aromatic carbocycles. The van der Waals surface area contributed by atoms with Crippen LogP contribution in [0.25, 0.3) is 0 Å². The fraction of sp³-hybridized carbons (Fsp3) is 0.467. The van der Waals surface area contributed by atoms with E-state index in [9.17, 15) is 4.79 Å². The Morgan fingerprint density at radius 1 is 1.45 bits per heavy atom. The number of nitrogens with zero attached hydrogens (tertiary/aromatic N) is 1. The van der Waals surface area contributed by atoms with Gasteiger partial charge in [-0.2, -0.15) is 5.26 Å². The van der Waals surface area contributed by atoms with E-state index in [1.807, 2.05) is 25.1 Å². The Hall–Kier alpha value is -2.06. The van der Waals surface area contributed by atoms with Crippen LogP contribution in [0, 0.1) is 18.3 Å². The zero-order valence-electron chi connectivity index (χ0n) is 11.6. The predicted molar refractivity (Wildman–Crippen MR) is 76.4 cm³/mol. The molecular weight excluding hydrogens is 254 g/mol. The average molecular weight is 273 g/mol. The number of hydrogen-bond acceptors (Lipinski definition) is 4. The second-order valence-electron chi connectivity index (χ2n) is 4.92. The van der Waals surface area contributed by atoms with Crippen molar-refractivity contribution in [1.82, 2.24) is 5.32 Å². The van der Waals surface area contributed by atoms with Crippen LogP contribution in [0.2, 0.25) is 0 Å². The van der Waals surface area contributed by atoms with Crippen LogP contribution in [0.15, 0.2) is 18.2 Å². The van der Waals surface area contributed by atoms with E-state index in [1.54, 1.807) is 0 Å². The molecule has 106 valence electrons. The summed E-state index contributed by atoms with van der Waals surface area (Å²) >= 11 is 0. The highest BCUT2D eigenvalue weighted by Gasteiger charge is 2.16. The van der Waals surface area contributed by atoms with Crippen molar-refractivity contribution in [1.29, 1.82) is 5.26 Å². The molecule has 0 saturated carbocycles. The monoisotopic (exact) mass is 273 g/mol. The molecule has 0 bridgehead atoms. The van der Waals surface area contributed by atoms with Crippen molar-refractivity contribution in [2.24, 2.45) is 0 Å². The molecule has 0 spiro atoms. The molecular formula is C15H19N3O2. The number of aryl methyl sites for hydroxylation is 1. The molecule has 0 unspecified atom stereocenters. The molecule has 2 rings (SSSR count). The number of carbonyl (C=O) groups is 1. The van der Waals surface area contributed by atoms with E-state index in [4.69, 9.17) is 10.00 Å². The molecule has 1 saturated heterocycles. The van der Waals surface area contributed by atoms with Crippen molar-refractivity contribution in [2.45, 2.75) is 25.8 Å². The molecule has 5 nitrogen and oxygen atoms in total. The minimum atomic E-state index is -0.0534. The maximum absolute atomic E-state index is 11.9. The van der Waals surface area contributed by atoms with Crippen molar-refractivity contribution in [3.05, 3.63) is 29.3 Å². The first-order valence-electron chi connectivity index (χ1n) is 6.81. The number of ether oxygens (including phenoxy) is 1. The van der Waals surface area contributed by atoms with Crippen molar-refractivity contribution in [3.63, 3.8) is 0 Å². The van der Waals surface area contributed by atoms with Crippen LogP contribution in [0.4, 0.5) is 5.69 Å². The Balaban J connectivity index is 1.87. The smallest absolute Gasteiger partial charge is 0.239 e. The largest absolute Gasteiger partial charge is 0.381 e. The molecule has 0 atom stereocenters. The van der Waals surface area contributed by atoms with Crippen LogP contribution >= 0.6 is 0 Å². The van der Waals surface area contributed by atoms with Crippen LogP contribution in [0.5, 0.6) is 0 Å². The average Bonchev–Trinajstić information content (AvgIpc) is 2.46. The van der Waals surface area contributed by atoms with Gasteiger partial charge in [-0.05, 0) is 31.4 Å². The first-order chi connectivity index (χ1) is 9.70. The molecule has 1 fully saturated rings. The van der Waals surface area contributed by atoms with E-state index in [0.717, 1.165) is 18.4 Å². The molecule has 1 aliphatic rings. The first kappa shape index (κ1) is 14.4. The quantitative estimate of drug-likeness (QED) is 0.873. The van der Waals surface area contributed by atoms with Gasteiger partial charge in [0.1, 0.15) is 6.07 Å². The number of hydrogen-bond donors (Lipinski definition) is 2. The van der Waals surface area contributed by atoms with Gasteiger partial charge in [-0.1, -0.05) is 12.1 Å². The summed E-state index contributed by atoms with van der Waals surface area (Å²) < 4.78 is 5.25. The highest BCUT2D eigenvalue weighted by atomic mass is 16.5. The maximum atomic E-state index is 11.9. The predicted octanol–water partition coefficient (Wildman–Crippen LogP) is 1.57. The Kier molecular flexibility index (Phi) is 4.97. The summed E-state index contributed by atoms with van der Waals surface area (Å²) in [6.45, 7) is 3.46. The summed E-state index contributed by atoms with van der Waals surface area (Å²) in [4.78, 5) is 11.9. The molecule has 0 radical (unpaired) electrons. The zero-order chi connectivity index (χ0) is 14.4. The van der Waals surface area contributed by atoms with Gasteiger partial charge < -0.3 is 15.4 Å². The lowest BCUT2D eigenvalue weighted by Crippen LogP contribution is -2.41. The summed E-state index contributed by atoms with van der Waals surface area (Å²) in [5, 5.41) is 15.1. The fourth-order valence-corrected chi connectivity index (χ4v) is 2.26. The first-order valence-corrected chi connectivity index (χ1v) is 6.81. The molecule has 20 heavy (non-hydrogen) atoms. The summed E-state index contributed by atoms with van der Waals surface area (Å²) in [6, 6.07) is 7.92. The number of benzene rings is 1. The lowest BCUT2D eigenvalue weighted by Gasteiger charge is -2.23. The van der Waals surface area contributed by atoms with E-state index in [1.165, 1.54) is 0 Å². The SMILES string of the molecule is Cc1cccc(NCC(=O)NC2CCOCC2)c1C#N. The molecule has 0 aliphatic carbocycles. The van der Waals surface area contributed by atoms with Crippen LogP contribution < -0.4 is 10.6 Å². The number of nitriles is 1. The number of rotatable bonds is 4. The second kappa shape index (κ2) is 6.92. The van der Waals surface area contributed by atoms with Gasteiger partial charge in [-0.25, -0.2) is 0 Å². The molecule has 0 aromatic heterocycles. The highest BCUT2D eigenvalue weighted by Crippen LogP contribution is 2.17.